The second-order valence-electron chi connectivity index (χ2n) is 13.1. The Bertz CT molecular complexity index is 1160. The van der Waals surface area contributed by atoms with Gasteiger partial charge in [-0.15, -0.1) is 0 Å². The van der Waals surface area contributed by atoms with Gasteiger partial charge in [-0.2, -0.15) is 0 Å². The molecule has 0 bridgehead atoms. The van der Waals surface area contributed by atoms with Crippen LogP contribution < -0.4 is 5.73 Å². The van der Waals surface area contributed by atoms with E-state index in [-0.39, 0.29) is 24.8 Å². The third kappa shape index (κ3) is 13.7. The van der Waals surface area contributed by atoms with Gasteiger partial charge < -0.3 is 25.1 Å². The Balaban J connectivity index is 1.45. The van der Waals surface area contributed by atoms with Crippen molar-refractivity contribution in [1.82, 2.24) is 19.5 Å². The number of fused-ring (bicyclic) bond motifs is 1. The minimum Gasteiger partial charge on any atom is -0.463 e. The Kier molecular flexibility index (Phi) is 18.7. The molecule has 1 aliphatic rings. The number of aliphatic hydroxyl groups is 1. The van der Waals surface area contributed by atoms with Gasteiger partial charge in [0, 0.05) is 12.8 Å². The molecular formula is C36H61N5O6. The topological polar surface area (TPSA) is 152 Å². The molecule has 1 fully saturated rings. The van der Waals surface area contributed by atoms with Crippen LogP contribution in [0.4, 0.5) is 5.82 Å². The number of nitrogens with zero attached hydrogens (tertiary/aromatic N) is 4. The summed E-state index contributed by atoms with van der Waals surface area (Å²) in [5, 5.41) is 11.3. The van der Waals surface area contributed by atoms with E-state index in [1.54, 1.807) is 4.57 Å². The van der Waals surface area contributed by atoms with Crippen LogP contribution in [0.1, 0.15) is 161 Å². The van der Waals surface area contributed by atoms with Crippen molar-refractivity contribution in [2.75, 3.05) is 12.3 Å². The van der Waals surface area contributed by atoms with Gasteiger partial charge in [-0.05, 0) is 12.8 Å². The van der Waals surface area contributed by atoms with Gasteiger partial charge in [0.25, 0.3) is 0 Å². The summed E-state index contributed by atoms with van der Waals surface area (Å²) in [6.45, 7) is 4.33. The molecule has 2 aromatic rings. The van der Waals surface area contributed by atoms with Gasteiger partial charge in [0.15, 0.2) is 23.8 Å². The predicted octanol–water partition coefficient (Wildman–Crippen LogP) is 7.74. The van der Waals surface area contributed by atoms with Crippen molar-refractivity contribution in [2.24, 2.45) is 0 Å². The number of hydrogen-bond acceptors (Lipinski definition) is 10. The third-order valence-corrected chi connectivity index (χ3v) is 9.12. The molecule has 0 spiro atoms. The van der Waals surface area contributed by atoms with E-state index in [0.717, 1.165) is 38.5 Å². The second kappa shape index (κ2) is 22.7. The number of hydrogen-bond donors (Lipinski definition) is 2. The van der Waals surface area contributed by atoms with Crippen molar-refractivity contribution >= 4 is 28.9 Å². The molecule has 11 heteroatoms. The second-order valence-corrected chi connectivity index (χ2v) is 13.1. The molecule has 0 unspecified atom stereocenters. The fourth-order valence-corrected chi connectivity index (χ4v) is 6.26. The molecule has 47 heavy (non-hydrogen) atoms. The standard InChI is InChI=1S/C36H61N5O6/c1-3-5-7-9-11-13-15-17-19-21-23-29(42)45-25-28-33(47-30(43)24-22-20-18-16-14-12-10-8-6-4-2)32(44)36(46-28)41-27-40-31-34(37)38-26-39-35(31)41/h26-28,32-33,36,44H,3-25H2,1-2H3,(H2,37,38,39)/t28-,32-,33-,36-/m1/s1. The van der Waals surface area contributed by atoms with Crippen molar-refractivity contribution in [2.45, 2.75) is 180 Å². The highest BCUT2D eigenvalue weighted by atomic mass is 16.6. The van der Waals surface area contributed by atoms with Gasteiger partial charge in [-0.1, -0.05) is 129 Å². The summed E-state index contributed by atoms with van der Waals surface area (Å²) in [6, 6.07) is 0. The van der Waals surface area contributed by atoms with Gasteiger partial charge in [0.2, 0.25) is 0 Å². The van der Waals surface area contributed by atoms with Crippen molar-refractivity contribution in [3.05, 3.63) is 12.7 Å². The minimum atomic E-state index is -1.23. The molecule has 0 amide bonds. The van der Waals surface area contributed by atoms with Gasteiger partial charge in [-0.3, -0.25) is 14.2 Å². The van der Waals surface area contributed by atoms with Crippen LogP contribution in [0.2, 0.25) is 0 Å². The molecule has 1 aliphatic heterocycles. The summed E-state index contributed by atoms with van der Waals surface area (Å²) in [5.74, 6) is -0.519. The smallest absolute Gasteiger partial charge is 0.306 e. The number of esters is 2. The summed E-state index contributed by atoms with van der Waals surface area (Å²) in [4.78, 5) is 38.0. The van der Waals surface area contributed by atoms with E-state index in [1.807, 2.05) is 0 Å². The van der Waals surface area contributed by atoms with Crippen LogP contribution >= 0.6 is 0 Å². The molecule has 0 radical (unpaired) electrons. The first-order chi connectivity index (χ1) is 23.0. The van der Waals surface area contributed by atoms with Crippen LogP contribution in [-0.4, -0.2) is 61.5 Å². The molecule has 1 saturated heterocycles. The van der Waals surface area contributed by atoms with Crippen molar-refractivity contribution in [3.63, 3.8) is 0 Å². The van der Waals surface area contributed by atoms with Crippen LogP contribution in [0.25, 0.3) is 11.2 Å². The molecule has 2 aromatic heterocycles. The van der Waals surface area contributed by atoms with Crippen LogP contribution in [0.3, 0.4) is 0 Å². The van der Waals surface area contributed by atoms with Gasteiger partial charge in [-0.25, -0.2) is 15.0 Å². The molecular weight excluding hydrogens is 598 g/mol. The quantitative estimate of drug-likeness (QED) is 0.0757. The van der Waals surface area contributed by atoms with E-state index >= 15 is 0 Å². The number of unbranched alkanes of at least 4 members (excludes halogenated alkanes) is 18. The maximum absolute atomic E-state index is 12.9. The lowest BCUT2D eigenvalue weighted by Gasteiger charge is -2.21. The SMILES string of the molecule is CCCCCCCCCCCCC(=O)OC[C@H]1O[C@@H](n2cnc3c(N)ncnc32)[C@H](O)[C@@H]1OC(=O)CCCCCCCCCCCC. The number of nitrogen functional groups attached to an aromatic ring is 1. The molecule has 3 heterocycles. The maximum atomic E-state index is 12.9. The van der Waals surface area contributed by atoms with Crippen LogP contribution in [-0.2, 0) is 23.8 Å². The van der Waals surface area contributed by atoms with Gasteiger partial charge >= 0.3 is 11.9 Å². The molecule has 0 aromatic carbocycles. The normalized spacial score (nSPS) is 19.4. The summed E-state index contributed by atoms with van der Waals surface area (Å²) in [7, 11) is 0. The lowest BCUT2D eigenvalue weighted by Crippen LogP contribution is -2.38. The lowest BCUT2D eigenvalue weighted by molar-refractivity contribution is -0.160. The number of carbonyl (C=O) groups is 2. The Morgan fingerprint density at radius 1 is 0.766 bits per heavy atom. The van der Waals surface area contributed by atoms with E-state index < -0.39 is 30.5 Å². The summed E-state index contributed by atoms with van der Waals surface area (Å²) < 4.78 is 19.1. The lowest BCUT2D eigenvalue weighted by atomic mass is 10.1. The molecule has 11 nitrogen and oxygen atoms in total. The van der Waals surface area contributed by atoms with Gasteiger partial charge in [0.05, 0.1) is 6.33 Å². The number of aliphatic hydroxyl groups excluding tert-OH is 1. The molecule has 0 saturated carbocycles. The van der Waals surface area contributed by atoms with Crippen LogP contribution in [0.5, 0.6) is 0 Å². The maximum Gasteiger partial charge on any atom is 0.306 e. The largest absolute Gasteiger partial charge is 0.463 e. The van der Waals surface area contributed by atoms with Crippen molar-refractivity contribution < 1.29 is 28.9 Å². The first-order valence-corrected chi connectivity index (χ1v) is 18.6. The number of carbonyl (C=O) groups excluding carboxylic acids is 2. The molecule has 4 atom stereocenters. The minimum absolute atomic E-state index is 0.135. The van der Waals surface area contributed by atoms with Crippen LogP contribution in [0.15, 0.2) is 12.7 Å². The Labute approximate surface area is 281 Å². The fraction of sp³-hybridized carbons (Fsp3) is 0.806. The Morgan fingerprint density at radius 2 is 1.28 bits per heavy atom. The number of rotatable bonds is 26. The third-order valence-electron chi connectivity index (χ3n) is 9.12. The Morgan fingerprint density at radius 3 is 1.83 bits per heavy atom. The van der Waals surface area contributed by atoms with E-state index in [4.69, 9.17) is 19.9 Å². The zero-order valence-corrected chi connectivity index (χ0v) is 29.1. The summed E-state index contributed by atoms with van der Waals surface area (Å²) in [6.07, 6.45) is 22.8. The Hall–Kier alpha value is -2.79. The predicted molar refractivity (Wildman–Crippen MR) is 183 cm³/mol. The molecule has 3 rings (SSSR count). The monoisotopic (exact) mass is 659 g/mol. The molecule has 0 aliphatic carbocycles. The van der Waals surface area contributed by atoms with Crippen molar-refractivity contribution in [3.8, 4) is 0 Å². The highest BCUT2D eigenvalue weighted by Crippen LogP contribution is 2.34. The van der Waals surface area contributed by atoms with E-state index in [2.05, 4.69) is 28.8 Å². The zero-order valence-electron chi connectivity index (χ0n) is 29.1. The number of anilines is 1. The highest BCUT2D eigenvalue weighted by Gasteiger charge is 2.48. The number of imidazole rings is 1. The van der Waals surface area contributed by atoms with E-state index in [1.165, 1.54) is 103 Å². The van der Waals surface area contributed by atoms with E-state index in [9.17, 15) is 14.7 Å². The van der Waals surface area contributed by atoms with E-state index in [0.29, 0.717) is 17.6 Å². The van der Waals surface area contributed by atoms with Gasteiger partial charge in [0.1, 0.15) is 30.7 Å². The number of aromatic nitrogens is 4. The average molecular weight is 660 g/mol. The first-order valence-electron chi connectivity index (χ1n) is 18.6. The molecule has 3 N–H and O–H groups in total. The molecule has 266 valence electrons. The van der Waals surface area contributed by atoms with Crippen LogP contribution in [0, 0.1) is 0 Å². The summed E-state index contributed by atoms with van der Waals surface area (Å²) in [5.41, 5.74) is 6.72. The highest BCUT2D eigenvalue weighted by molar-refractivity contribution is 5.81. The average Bonchev–Trinajstić information content (AvgIpc) is 3.63. The zero-order chi connectivity index (χ0) is 33.7. The number of nitrogens with two attached hydrogens (primary N) is 1. The van der Waals surface area contributed by atoms with Crippen molar-refractivity contribution in [1.29, 1.82) is 0 Å². The first kappa shape index (κ1) is 38.7. The fourth-order valence-electron chi connectivity index (χ4n) is 6.26. The summed E-state index contributed by atoms with van der Waals surface area (Å²) >= 11 is 0. The number of ether oxygens (including phenoxy) is 3.